The van der Waals surface area contributed by atoms with Crippen molar-refractivity contribution >= 4 is 23.5 Å². The summed E-state index contributed by atoms with van der Waals surface area (Å²) in [4.78, 5) is 35.9. The van der Waals surface area contributed by atoms with E-state index in [4.69, 9.17) is 0 Å². The van der Waals surface area contributed by atoms with Crippen LogP contribution in [0.2, 0.25) is 0 Å². The van der Waals surface area contributed by atoms with Crippen LogP contribution in [0.5, 0.6) is 0 Å². The van der Waals surface area contributed by atoms with E-state index in [1.54, 1.807) is 24.3 Å². The molecule has 3 N–H and O–H groups in total. The summed E-state index contributed by atoms with van der Waals surface area (Å²) in [5.74, 6) is -1.34. The van der Waals surface area contributed by atoms with E-state index in [1.807, 2.05) is 6.92 Å². The van der Waals surface area contributed by atoms with E-state index in [2.05, 4.69) is 10.6 Å². The van der Waals surface area contributed by atoms with Crippen molar-refractivity contribution in [1.29, 1.82) is 0 Å². The number of hydrogen-bond donors (Lipinski definition) is 3. The number of aliphatic carboxylic acids is 1. The molecule has 2 rings (SSSR count). The van der Waals surface area contributed by atoms with E-state index in [9.17, 15) is 19.5 Å². The summed E-state index contributed by atoms with van der Waals surface area (Å²) in [6.07, 6.45) is 4.83. The summed E-state index contributed by atoms with van der Waals surface area (Å²) in [5.41, 5.74) is 0.125. The van der Waals surface area contributed by atoms with Crippen molar-refractivity contribution < 1.29 is 19.5 Å². The molecular formula is C19H26N2O4. The molecule has 1 aromatic rings. The van der Waals surface area contributed by atoms with Gasteiger partial charge < -0.3 is 15.7 Å². The minimum Gasteiger partial charge on any atom is -0.481 e. The van der Waals surface area contributed by atoms with E-state index < -0.39 is 11.4 Å². The maximum Gasteiger partial charge on any atom is 0.310 e. The van der Waals surface area contributed by atoms with Gasteiger partial charge in [0.15, 0.2) is 0 Å². The van der Waals surface area contributed by atoms with E-state index >= 15 is 0 Å². The molecule has 6 nitrogen and oxygen atoms in total. The lowest BCUT2D eigenvalue weighted by Crippen LogP contribution is -2.35. The fourth-order valence-corrected chi connectivity index (χ4v) is 3.35. The maximum absolute atomic E-state index is 12.4. The summed E-state index contributed by atoms with van der Waals surface area (Å²) in [5, 5.41) is 15.1. The van der Waals surface area contributed by atoms with Gasteiger partial charge in [-0.1, -0.05) is 25.7 Å². The van der Waals surface area contributed by atoms with Gasteiger partial charge in [-0.05, 0) is 44.0 Å². The Morgan fingerprint density at radius 2 is 1.64 bits per heavy atom. The van der Waals surface area contributed by atoms with Crippen molar-refractivity contribution in [2.45, 2.75) is 51.9 Å². The summed E-state index contributed by atoms with van der Waals surface area (Å²) in [6, 6.07) is 6.59. The molecule has 0 saturated heterocycles. The zero-order valence-corrected chi connectivity index (χ0v) is 14.6. The molecule has 0 bridgehead atoms. The summed E-state index contributed by atoms with van der Waals surface area (Å²) < 4.78 is 0. The van der Waals surface area contributed by atoms with E-state index in [0.717, 1.165) is 25.7 Å². The third-order valence-electron chi connectivity index (χ3n) is 4.78. The lowest BCUT2D eigenvalue weighted by Gasteiger charge is -2.27. The molecule has 0 radical (unpaired) electrons. The lowest BCUT2D eigenvalue weighted by atomic mass is 9.77. The number of rotatable bonds is 6. The SMILES string of the molecule is CCNC(=O)c1ccc(NC(=O)CC2(C(=O)O)CCCCCC2)cc1. The quantitative estimate of drug-likeness (QED) is 0.689. The highest BCUT2D eigenvalue weighted by Gasteiger charge is 2.40. The van der Waals surface area contributed by atoms with Gasteiger partial charge in [-0.2, -0.15) is 0 Å². The van der Waals surface area contributed by atoms with Gasteiger partial charge in [-0.15, -0.1) is 0 Å². The second-order valence-electron chi connectivity index (χ2n) is 6.66. The number of carbonyl (C=O) groups excluding carboxylic acids is 2. The van der Waals surface area contributed by atoms with Gasteiger partial charge in [0, 0.05) is 24.2 Å². The Bertz CT molecular complexity index is 617. The number of hydrogen-bond acceptors (Lipinski definition) is 3. The zero-order chi connectivity index (χ0) is 18.3. The Balaban J connectivity index is 2.00. The number of nitrogens with one attached hydrogen (secondary N) is 2. The first-order valence-corrected chi connectivity index (χ1v) is 8.88. The van der Waals surface area contributed by atoms with Crippen LogP contribution in [0.3, 0.4) is 0 Å². The van der Waals surface area contributed by atoms with Crippen LogP contribution in [0.1, 0.15) is 62.2 Å². The molecule has 0 heterocycles. The van der Waals surface area contributed by atoms with Gasteiger partial charge in [0.2, 0.25) is 5.91 Å². The Kier molecular flexibility index (Phi) is 6.56. The molecule has 0 unspecified atom stereocenters. The molecule has 0 aromatic heterocycles. The molecular weight excluding hydrogens is 320 g/mol. The molecule has 1 saturated carbocycles. The Morgan fingerprint density at radius 1 is 1.04 bits per heavy atom. The Morgan fingerprint density at radius 3 is 2.16 bits per heavy atom. The average molecular weight is 346 g/mol. The molecule has 136 valence electrons. The van der Waals surface area contributed by atoms with Crippen molar-refractivity contribution in [2.24, 2.45) is 5.41 Å². The second kappa shape index (κ2) is 8.65. The first-order valence-electron chi connectivity index (χ1n) is 8.88. The number of benzene rings is 1. The highest BCUT2D eigenvalue weighted by Crippen LogP contribution is 2.38. The smallest absolute Gasteiger partial charge is 0.310 e. The minimum absolute atomic E-state index is 0.0135. The molecule has 0 atom stereocenters. The molecule has 0 spiro atoms. The molecule has 1 aliphatic carbocycles. The number of carbonyl (C=O) groups is 3. The van der Waals surface area contributed by atoms with E-state index in [0.29, 0.717) is 30.6 Å². The normalized spacial score (nSPS) is 16.5. The van der Waals surface area contributed by atoms with E-state index in [-0.39, 0.29) is 18.2 Å². The van der Waals surface area contributed by atoms with Crippen molar-refractivity contribution in [3.05, 3.63) is 29.8 Å². The summed E-state index contributed by atoms with van der Waals surface area (Å²) in [7, 11) is 0. The molecule has 0 aliphatic heterocycles. The first-order chi connectivity index (χ1) is 12.0. The molecule has 1 aromatic carbocycles. The molecule has 2 amide bonds. The van der Waals surface area contributed by atoms with Gasteiger partial charge in [-0.25, -0.2) is 0 Å². The molecule has 1 aliphatic rings. The van der Waals surface area contributed by atoms with Gasteiger partial charge in [0.05, 0.1) is 5.41 Å². The largest absolute Gasteiger partial charge is 0.481 e. The van der Waals surface area contributed by atoms with Crippen LogP contribution < -0.4 is 10.6 Å². The Hall–Kier alpha value is -2.37. The zero-order valence-electron chi connectivity index (χ0n) is 14.6. The van der Waals surface area contributed by atoms with Crippen LogP contribution >= 0.6 is 0 Å². The van der Waals surface area contributed by atoms with Crippen LogP contribution in [0.4, 0.5) is 5.69 Å². The third kappa shape index (κ3) is 5.05. The number of amides is 2. The number of anilines is 1. The average Bonchev–Trinajstić information content (AvgIpc) is 2.82. The predicted molar refractivity (Wildman–Crippen MR) is 95.5 cm³/mol. The maximum atomic E-state index is 12.4. The van der Waals surface area contributed by atoms with Crippen LogP contribution in [0.25, 0.3) is 0 Å². The van der Waals surface area contributed by atoms with Gasteiger partial charge in [0.1, 0.15) is 0 Å². The van der Waals surface area contributed by atoms with Crippen LogP contribution in [-0.2, 0) is 9.59 Å². The Labute approximate surface area is 148 Å². The highest BCUT2D eigenvalue weighted by molar-refractivity contribution is 5.96. The van der Waals surface area contributed by atoms with Crippen molar-refractivity contribution in [2.75, 3.05) is 11.9 Å². The van der Waals surface area contributed by atoms with Crippen LogP contribution in [0, 0.1) is 5.41 Å². The summed E-state index contributed by atoms with van der Waals surface area (Å²) in [6.45, 7) is 2.40. The topological polar surface area (TPSA) is 95.5 Å². The van der Waals surface area contributed by atoms with Crippen LogP contribution in [0.15, 0.2) is 24.3 Å². The fraction of sp³-hybridized carbons (Fsp3) is 0.526. The van der Waals surface area contributed by atoms with Crippen LogP contribution in [-0.4, -0.2) is 29.4 Å². The van der Waals surface area contributed by atoms with E-state index in [1.165, 1.54) is 0 Å². The molecule has 1 fully saturated rings. The van der Waals surface area contributed by atoms with Gasteiger partial charge >= 0.3 is 5.97 Å². The predicted octanol–water partition coefficient (Wildman–Crippen LogP) is 3.19. The number of carboxylic acid groups (broad SMARTS) is 1. The van der Waals surface area contributed by atoms with Crippen molar-refractivity contribution in [3.8, 4) is 0 Å². The van der Waals surface area contributed by atoms with Gasteiger partial charge in [0.25, 0.3) is 5.91 Å². The highest BCUT2D eigenvalue weighted by atomic mass is 16.4. The lowest BCUT2D eigenvalue weighted by molar-refractivity contribution is -0.152. The fourth-order valence-electron chi connectivity index (χ4n) is 3.35. The standard InChI is InChI=1S/C19H26N2O4/c1-2-20-17(23)14-7-9-15(10-8-14)21-16(22)13-19(18(24)25)11-5-3-4-6-12-19/h7-10H,2-6,11-13H2,1H3,(H,20,23)(H,21,22)(H,24,25). The third-order valence-corrected chi connectivity index (χ3v) is 4.78. The second-order valence-corrected chi connectivity index (χ2v) is 6.66. The molecule has 25 heavy (non-hydrogen) atoms. The van der Waals surface area contributed by atoms with Gasteiger partial charge in [-0.3, -0.25) is 14.4 Å². The minimum atomic E-state index is -0.957. The number of carboxylic acids is 1. The van der Waals surface area contributed by atoms with Crippen molar-refractivity contribution in [1.82, 2.24) is 5.32 Å². The monoisotopic (exact) mass is 346 g/mol. The summed E-state index contributed by atoms with van der Waals surface area (Å²) >= 11 is 0. The molecule has 6 heteroatoms. The van der Waals surface area contributed by atoms with Crippen molar-refractivity contribution in [3.63, 3.8) is 0 Å². The first kappa shape index (κ1) is 19.0.